The van der Waals surface area contributed by atoms with Crippen LogP contribution in [0.1, 0.15) is 0 Å². The zero-order valence-electron chi connectivity index (χ0n) is 11.3. The number of nitrogens with one attached hydrogen (secondary N) is 2. The molecule has 3 aromatic rings. The molecule has 4 rings (SSSR count). The van der Waals surface area contributed by atoms with Gasteiger partial charge in [0, 0.05) is 26.2 Å². The van der Waals surface area contributed by atoms with Gasteiger partial charge in [-0.25, -0.2) is 9.97 Å². The van der Waals surface area contributed by atoms with E-state index >= 15 is 0 Å². The van der Waals surface area contributed by atoms with Crippen LogP contribution in [0.2, 0.25) is 0 Å². The molecule has 0 amide bonds. The minimum absolute atomic E-state index is 0.950. The topological polar surface area (TPSA) is 49.8 Å². The first-order chi connectivity index (χ1) is 9.93. The van der Waals surface area contributed by atoms with Crippen LogP contribution in [-0.2, 0) is 0 Å². The molecule has 0 radical (unpaired) electrons. The molecular weight excluding hydrogens is 248 g/mol. The second-order valence-corrected chi connectivity index (χ2v) is 4.70. The molecule has 0 unspecified atom stereocenters. The summed E-state index contributed by atoms with van der Waals surface area (Å²) in [6.07, 6.45) is 0. The van der Waals surface area contributed by atoms with E-state index in [9.17, 15) is 0 Å². The second kappa shape index (κ2) is 6.41. The fourth-order valence-electron chi connectivity index (χ4n) is 2.17. The highest BCUT2D eigenvalue weighted by atomic mass is 15.0. The number of rotatable bonds is 0. The number of nitrogens with zero attached hydrogens (tertiary/aromatic N) is 2. The van der Waals surface area contributed by atoms with Crippen molar-refractivity contribution in [3.05, 3.63) is 48.5 Å². The lowest BCUT2D eigenvalue weighted by Crippen LogP contribution is -2.39. The largest absolute Gasteiger partial charge is 0.314 e. The fraction of sp³-hybridized carbons (Fsp3) is 0.250. The van der Waals surface area contributed by atoms with Gasteiger partial charge in [-0.05, 0) is 24.3 Å². The predicted octanol–water partition coefficient (Wildman–Crippen LogP) is 1.96. The van der Waals surface area contributed by atoms with E-state index in [2.05, 4.69) is 20.6 Å². The van der Waals surface area contributed by atoms with E-state index < -0.39 is 0 Å². The maximum atomic E-state index is 4.52. The van der Waals surface area contributed by atoms with Crippen molar-refractivity contribution in [3.63, 3.8) is 0 Å². The van der Waals surface area contributed by atoms with E-state index in [0.29, 0.717) is 0 Å². The second-order valence-electron chi connectivity index (χ2n) is 4.70. The van der Waals surface area contributed by atoms with E-state index in [4.69, 9.17) is 0 Å². The summed E-state index contributed by atoms with van der Waals surface area (Å²) in [6.45, 7) is 4.56. The zero-order valence-corrected chi connectivity index (χ0v) is 11.3. The molecule has 102 valence electrons. The molecule has 2 aromatic carbocycles. The Kier molecular flexibility index (Phi) is 4.16. The van der Waals surface area contributed by atoms with E-state index in [1.54, 1.807) is 0 Å². The molecule has 0 saturated carbocycles. The van der Waals surface area contributed by atoms with E-state index in [1.807, 2.05) is 48.5 Å². The normalized spacial score (nSPS) is 14.8. The Balaban J connectivity index is 0.000000170. The van der Waals surface area contributed by atoms with Crippen LogP contribution in [0.15, 0.2) is 48.5 Å². The lowest BCUT2D eigenvalue weighted by molar-refractivity contribution is 0.534. The maximum Gasteiger partial charge on any atom is 0.0894 e. The summed E-state index contributed by atoms with van der Waals surface area (Å²) in [7, 11) is 0. The Morgan fingerprint density at radius 2 is 0.850 bits per heavy atom. The van der Waals surface area contributed by atoms with Crippen LogP contribution >= 0.6 is 0 Å². The van der Waals surface area contributed by atoms with Gasteiger partial charge in [-0.1, -0.05) is 24.3 Å². The Bertz CT molecular complexity index is 575. The Labute approximate surface area is 118 Å². The van der Waals surface area contributed by atoms with Crippen molar-refractivity contribution in [1.29, 1.82) is 0 Å². The first-order valence-corrected chi connectivity index (χ1v) is 6.96. The van der Waals surface area contributed by atoms with Gasteiger partial charge in [0.25, 0.3) is 0 Å². The number of para-hydroxylation sites is 4. The van der Waals surface area contributed by atoms with Crippen LogP contribution in [0.4, 0.5) is 0 Å². The van der Waals surface area contributed by atoms with Crippen molar-refractivity contribution >= 4 is 22.1 Å². The molecule has 4 heteroatoms. The van der Waals surface area contributed by atoms with Crippen LogP contribution in [0.25, 0.3) is 22.1 Å². The van der Waals surface area contributed by atoms with Gasteiger partial charge < -0.3 is 10.6 Å². The molecule has 1 aromatic heterocycles. The summed E-state index contributed by atoms with van der Waals surface area (Å²) in [4.78, 5) is 9.03. The summed E-state index contributed by atoms with van der Waals surface area (Å²) in [5.74, 6) is 0. The molecular formula is C16H18N4. The third-order valence-corrected chi connectivity index (χ3v) is 3.20. The number of hydrogen-bond acceptors (Lipinski definition) is 4. The van der Waals surface area contributed by atoms with Crippen molar-refractivity contribution < 1.29 is 0 Å². The lowest BCUT2D eigenvalue weighted by Gasteiger charge is -2.11. The molecule has 1 aliphatic rings. The van der Waals surface area contributed by atoms with Crippen LogP contribution < -0.4 is 10.6 Å². The van der Waals surface area contributed by atoms with Gasteiger partial charge in [-0.2, -0.15) is 0 Å². The van der Waals surface area contributed by atoms with Gasteiger partial charge in [0.1, 0.15) is 0 Å². The minimum atomic E-state index is 0.950. The lowest BCUT2D eigenvalue weighted by atomic mass is 10.2. The van der Waals surface area contributed by atoms with Crippen molar-refractivity contribution in [2.75, 3.05) is 26.2 Å². The molecule has 0 aliphatic carbocycles. The zero-order chi connectivity index (χ0) is 13.6. The van der Waals surface area contributed by atoms with Gasteiger partial charge in [0.2, 0.25) is 0 Å². The van der Waals surface area contributed by atoms with E-state index in [1.165, 1.54) is 0 Å². The van der Waals surface area contributed by atoms with Gasteiger partial charge in [-0.15, -0.1) is 0 Å². The summed E-state index contributed by atoms with van der Waals surface area (Å²) in [5, 5.41) is 6.44. The van der Waals surface area contributed by atoms with Crippen LogP contribution in [-0.4, -0.2) is 36.1 Å². The molecule has 1 aliphatic heterocycles. The average Bonchev–Trinajstić information content (AvgIpc) is 2.55. The van der Waals surface area contributed by atoms with Gasteiger partial charge in [0.05, 0.1) is 22.1 Å². The predicted molar refractivity (Wildman–Crippen MR) is 82.8 cm³/mol. The highest BCUT2D eigenvalue weighted by Gasteiger charge is 1.98. The van der Waals surface area contributed by atoms with Gasteiger partial charge in [-0.3, -0.25) is 0 Å². The first kappa shape index (κ1) is 13.0. The van der Waals surface area contributed by atoms with E-state index in [-0.39, 0.29) is 0 Å². The molecule has 4 nitrogen and oxygen atoms in total. The molecule has 1 saturated heterocycles. The van der Waals surface area contributed by atoms with Gasteiger partial charge >= 0.3 is 0 Å². The summed E-state index contributed by atoms with van der Waals surface area (Å²) < 4.78 is 0. The average molecular weight is 266 g/mol. The number of fused-ring (bicyclic) bond motifs is 2. The summed E-state index contributed by atoms with van der Waals surface area (Å²) in [5.41, 5.74) is 3.80. The van der Waals surface area contributed by atoms with Crippen molar-refractivity contribution in [2.24, 2.45) is 0 Å². The van der Waals surface area contributed by atoms with Gasteiger partial charge in [0.15, 0.2) is 0 Å². The number of benzene rings is 2. The van der Waals surface area contributed by atoms with Crippen LogP contribution in [0.3, 0.4) is 0 Å². The maximum absolute atomic E-state index is 4.52. The Morgan fingerprint density at radius 1 is 0.550 bits per heavy atom. The Hall–Kier alpha value is -2.04. The third-order valence-electron chi connectivity index (χ3n) is 3.20. The van der Waals surface area contributed by atoms with Crippen LogP contribution in [0.5, 0.6) is 0 Å². The molecule has 1 fully saturated rings. The molecule has 20 heavy (non-hydrogen) atoms. The highest BCUT2D eigenvalue weighted by Crippen LogP contribution is 2.14. The van der Waals surface area contributed by atoms with Crippen molar-refractivity contribution in [3.8, 4) is 0 Å². The monoisotopic (exact) mass is 266 g/mol. The molecule has 2 N–H and O–H groups in total. The van der Waals surface area contributed by atoms with Crippen LogP contribution in [0, 0.1) is 0 Å². The minimum Gasteiger partial charge on any atom is -0.314 e. The summed E-state index contributed by atoms with van der Waals surface area (Å²) >= 11 is 0. The van der Waals surface area contributed by atoms with Crippen molar-refractivity contribution in [2.45, 2.75) is 0 Å². The third kappa shape index (κ3) is 3.10. The Morgan fingerprint density at radius 3 is 1.10 bits per heavy atom. The molecule has 0 spiro atoms. The van der Waals surface area contributed by atoms with E-state index in [0.717, 1.165) is 48.2 Å². The quantitative estimate of drug-likeness (QED) is 0.611. The number of aromatic nitrogens is 2. The van der Waals surface area contributed by atoms with Crippen molar-refractivity contribution in [1.82, 2.24) is 20.6 Å². The number of piperazine rings is 1. The molecule has 2 heterocycles. The first-order valence-electron chi connectivity index (χ1n) is 6.96. The molecule has 0 bridgehead atoms. The highest BCUT2D eigenvalue weighted by molar-refractivity contribution is 5.85. The number of hydrogen-bond donors (Lipinski definition) is 2. The standard InChI is InChI=1S/C12H8N2.C4H10N2/c1-2-6-10-9(5-1)13-11-7-3-4-8-12(11)14-10;1-2-6-4-3-5-1/h1-8H;5-6H,1-4H2. The fourth-order valence-corrected chi connectivity index (χ4v) is 2.17. The smallest absolute Gasteiger partial charge is 0.0894 e. The summed E-state index contributed by atoms with van der Waals surface area (Å²) in [6, 6.07) is 15.8. The molecule has 0 atom stereocenters. The SMILES string of the molecule is C1CNCCN1.c1ccc2nc3ccccc3nc2c1.